The van der Waals surface area contributed by atoms with Crippen molar-refractivity contribution in [2.45, 2.75) is 26.1 Å². The van der Waals surface area contributed by atoms with E-state index in [4.69, 9.17) is 0 Å². The van der Waals surface area contributed by atoms with E-state index in [-0.39, 0.29) is 6.04 Å². The molecular weight excluding hydrogens is 369 g/mol. The van der Waals surface area contributed by atoms with Crippen molar-refractivity contribution in [1.29, 1.82) is 0 Å². The topological polar surface area (TPSA) is 60.0 Å². The van der Waals surface area contributed by atoms with E-state index in [1.165, 1.54) is 16.8 Å². The standard InChI is InChI=1S/C19H17F3N6/c1-12(2)27-9-8-17(25-27)24-16-6-7-18-23-11-15(28(18)26-16)13-4-3-5-14(10-13)19(20,21)22/h3-12H,1-2H3,(H,24,25,26). The molecule has 4 aromatic rings. The molecule has 4 rings (SSSR count). The maximum atomic E-state index is 13.0. The molecule has 0 aliphatic carbocycles. The van der Waals surface area contributed by atoms with Gasteiger partial charge in [-0.25, -0.2) is 9.50 Å². The largest absolute Gasteiger partial charge is 0.416 e. The second-order valence-corrected chi connectivity index (χ2v) is 6.61. The van der Waals surface area contributed by atoms with E-state index >= 15 is 0 Å². The fraction of sp³-hybridized carbons (Fsp3) is 0.211. The van der Waals surface area contributed by atoms with E-state index in [1.807, 2.05) is 30.8 Å². The van der Waals surface area contributed by atoms with Crippen molar-refractivity contribution in [3.63, 3.8) is 0 Å². The number of benzene rings is 1. The summed E-state index contributed by atoms with van der Waals surface area (Å²) in [6.07, 6.45) is -1.04. The Labute approximate surface area is 158 Å². The fourth-order valence-corrected chi connectivity index (χ4v) is 2.82. The number of hydrogen-bond acceptors (Lipinski definition) is 4. The second-order valence-electron chi connectivity index (χ2n) is 6.61. The lowest BCUT2D eigenvalue weighted by Crippen LogP contribution is -2.05. The van der Waals surface area contributed by atoms with Gasteiger partial charge in [0.25, 0.3) is 0 Å². The molecule has 0 bridgehead atoms. The van der Waals surface area contributed by atoms with E-state index in [0.29, 0.717) is 28.5 Å². The summed E-state index contributed by atoms with van der Waals surface area (Å²) in [5.74, 6) is 1.13. The molecule has 0 unspecified atom stereocenters. The number of fused-ring (bicyclic) bond motifs is 1. The van der Waals surface area contributed by atoms with Gasteiger partial charge in [-0.2, -0.15) is 18.3 Å². The van der Waals surface area contributed by atoms with Crippen LogP contribution in [-0.2, 0) is 6.18 Å². The van der Waals surface area contributed by atoms with Crippen LogP contribution < -0.4 is 5.32 Å². The molecule has 9 heteroatoms. The quantitative estimate of drug-likeness (QED) is 0.540. The zero-order valence-corrected chi connectivity index (χ0v) is 15.1. The molecule has 0 saturated heterocycles. The average molecular weight is 386 g/mol. The molecule has 1 N–H and O–H groups in total. The van der Waals surface area contributed by atoms with Crippen LogP contribution in [0.15, 0.2) is 54.9 Å². The Morgan fingerprint density at radius 1 is 1.00 bits per heavy atom. The number of rotatable bonds is 4. The summed E-state index contributed by atoms with van der Waals surface area (Å²) in [4.78, 5) is 4.23. The molecular formula is C19H17F3N6. The van der Waals surface area contributed by atoms with Crippen molar-refractivity contribution in [3.05, 3.63) is 60.4 Å². The molecule has 144 valence electrons. The third kappa shape index (κ3) is 3.42. The number of anilines is 2. The summed E-state index contributed by atoms with van der Waals surface area (Å²) in [7, 11) is 0. The minimum atomic E-state index is -4.41. The zero-order chi connectivity index (χ0) is 19.9. The lowest BCUT2D eigenvalue weighted by molar-refractivity contribution is -0.137. The minimum Gasteiger partial charge on any atom is -0.322 e. The van der Waals surface area contributed by atoms with Gasteiger partial charge in [0.2, 0.25) is 0 Å². The summed E-state index contributed by atoms with van der Waals surface area (Å²) in [5.41, 5.74) is 0.674. The van der Waals surface area contributed by atoms with Crippen LogP contribution in [-0.4, -0.2) is 24.4 Å². The van der Waals surface area contributed by atoms with E-state index in [0.717, 1.165) is 12.1 Å². The summed E-state index contributed by atoms with van der Waals surface area (Å²) in [5, 5.41) is 12.0. The lowest BCUT2D eigenvalue weighted by atomic mass is 10.1. The van der Waals surface area contributed by atoms with Crippen LogP contribution in [0.5, 0.6) is 0 Å². The fourth-order valence-electron chi connectivity index (χ4n) is 2.82. The van der Waals surface area contributed by atoms with Gasteiger partial charge < -0.3 is 5.32 Å². The molecule has 3 aromatic heterocycles. The molecule has 0 aliphatic heterocycles. The van der Waals surface area contributed by atoms with Gasteiger partial charge in [-0.3, -0.25) is 4.68 Å². The van der Waals surface area contributed by atoms with Crippen LogP contribution >= 0.6 is 0 Å². The van der Waals surface area contributed by atoms with Gasteiger partial charge in [-0.15, -0.1) is 5.10 Å². The number of nitrogens with one attached hydrogen (secondary N) is 1. The van der Waals surface area contributed by atoms with Crippen LogP contribution in [0.4, 0.5) is 24.8 Å². The van der Waals surface area contributed by atoms with Crippen LogP contribution in [0.3, 0.4) is 0 Å². The van der Waals surface area contributed by atoms with Gasteiger partial charge >= 0.3 is 6.18 Å². The molecule has 0 atom stereocenters. The molecule has 0 spiro atoms. The van der Waals surface area contributed by atoms with Gasteiger partial charge in [0, 0.05) is 23.9 Å². The molecule has 0 aliphatic rings. The normalized spacial score (nSPS) is 12.1. The van der Waals surface area contributed by atoms with Crippen molar-refractivity contribution >= 4 is 17.3 Å². The number of hydrogen-bond donors (Lipinski definition) is 1. The first-order valence-electron chi connectivity index (χ1n) is 8.66. The molecule has 0 amide bonds. The zero-order valence-electron chi connectivity index (χ0n) is 15.1. The predicted octanol–water partition coefficient (Wildman–Crippen LogP) is 4.94. The van der Waals surface area contributed by atoms with Crippen molar-refractivity contribution in [2.24, 2.45) is 0 Å². The number of halogens is 3. The van der Waals surface area contributed by atoms with Crippen molar-refractivity contribution in [2.75, 3.05) is 5.32 Å². The highest BCUT2D eigenvalue weighted by Crippen LogP contribution is 2.32. The van der Waals surface area contributed by atoms with Gasteiger partial charge in [-0.1, -0.05) is 12.1 Å². The predicted molar refractivity (Wildman–Crippen MR) is 99.3 cm³/mol. The smallest absolute Gasteiger partial charge is 0.322 e. The summed E-state index contributed by atoms with van der Waals surface area (Å²) in [6.45, 7) is 4.04. The van der Waals surface area contributed by atoms with E-state index in [1.54, 1.807) is 18.2 Å². The first kappa shape index (κ1) is 18.0. The minimum absolute atomic E-state index is 0.229. The molecule has 1 aromatic carbocycles. The maximum Gasteiger partial charge on any atom is 0.416 e. The highest BCUT2D eigenvalue weighted by molar-refractivity contribution is 5.65. The molecule has 0 fully saturated rings. The number of nitrogens with zero attached hydrogens (tertiary/aromatic N) is 5. The Morgan fingerprint density at radius 2 is 1.79 bits per heavy atom. The van der Waals surface area contributed by atoms with Crippen LogP contribution in [0, 0.1) is 0 Å². The Balaban J connectivity index is 1.70. The highest BCUT2D eigenvalue weighted by atomic mass is 19.4. The third-order valence-corrected chi connectivity index (χ3v) is 4.24. The molecule has 3 heterocycles. The van der Waals surface area contributed by atoms with Crippen LogP contribution in [0.2, 0.25) is 0 Å². The second kappa shape index (κ2) is 6.66. The van der Waals surface area contributed by atoms with E-state index in [9.17, 15) is 13.2 Å². The maximum absolute atomic E-state index is 13.0. The van der Waals surface area contributed by atoms with Gasteiger partial charge in [-0.05, 0) is 38.1 Å². The first-order valence-corrected chi connectivity index (χ1v) is 8.66. The lowest BCUT2D eigenvalue weighted by Gasteiger charge is -2.09. The van der Waals surface area contributed by atoms with Gasteiger partial charge in [0.1, 0.15) is 0 Å². The average Bonchev–Trinajstić information content (AvgIpc) is 3.28. The Hall–Kier alpha value is -3.36. The van der Waals surface area contributed by atoms with Crippen LogP contribution in [0.25, 0.3) is 16.9 Å². The monoisotopic (exact) mass is 386 g/mol. The van der Waals surface area contributed by atoms with Crippen molar-refractivity contribution in [1.82, 2.24) is 24.4 Å². The van der Waals surface area contributed by atoms with Gasteiger partial charge in [0.05, 0.1) is 17.5 Å². The van der Waals surface area contributed by atoms with Crippen LogP contribution in [0.1, 0.15) is 25.5 Å². The number of imidazole rings is 1. The SMILES string of the molecule is CC(C)n1ccc(Nc2ccc3ncc(-c4cccc(C(F)(F)F)c4)n3n2)n1. The number of alkyl halides is 3. The summed E-state index contributed by atoms with van der Waals surface area (Å²) in [6, 6.07) is 10.6. The molecule has 0 saturated carbocycles. The Morgan fingerprint density at radius 3 is 2.50 bits per heavy atom. The third-order valence-electron chi connectivity index (χ3n) is 4.24. The molecule has 28 heavy (non-hydrogen) atoms. The van der Waals surface area contributed by atoms with Crippen molar-refractivity contribution in [3.8, 4) is 11.3 Å². The van der Waals surface area contributed by atoms with Gasteiger partial charge in [0.15, 0.2) is 17.3 Å². The van der Waals surface area contributed by atoms with Crippen molar-refractivity contribution < 1.29 is 13.2 Å². The van der Waals surface area contributed by atoms with E-state index < -0.39 is 11.7 Å². The number of aromatic nitrogens is 5. The molecule has 6 nitrogen and oxygen atoms in total. The Bertz CT molecular complexity index is 1130. The van der Waals surface area contributed by atoms with E-state index in [2.05, 4.69) is 20.5 Å². The molecule has 0 radical (unpaired) electrons. The first-order chi connectivity index (χ1) is 13.3. The Kier molecular flexibility index (Phi) is 4.29. The highest BCUT2D eigenvalue weighted by Gasteiger charge is 2.30. The summed E-state index contributed by atoms with van der Waals surface area (Å²) >= 11 is 0. The summed E-state index contributed by atoms with van der Waals surface area (Å²) < 4.78 is 42.4.